The van der Waals surface area contributed by atoms with Crippen molar-refractivity contribution in [2.75, 3.05) is 13.1 Å². The molecule has 3 aromatic rings. The highest BCUT2D eigenvalue weighted by Crippen LogP contribution is 2.20. The first-order valence-electron chi connectivity index (χ1n) is 10.7. The van der Waals surface area contributed by atoms with Gasteiger partial charge in [-0.05, 0) is 67.3 Å². The van der Waals surface area contributed by atoms with Crippen molar-refractivity contribution in [1.82, 2.24) is 10.2 Å². The number of furan rings is 1. The lowest BCUT2D eigenvalue weighted by Gasteiger charge is -2.26. The van der Waals surface area contributed by atoms with Crippen LogP contribution in [-0.4, -0.2) is 29.8 Å². The molecule has 0 radical (unpaired) electrons. The number of carbonyl (C=O) groups excluding carboxylic acids is 2. The molecule has 1 saturated heterocycles. The van der Waals surface area contributed by atoms with Crippen molar-refractivity contribution in [3.8, 4) is 5.75 Å². The molecule has 2 aromatic carbocycles. The zero-order valence-electron chi connectivity index (χ0n) is 17.7. The second-order valence-electron chi connectivity index (χ2n) is 7.75. The molecule has 166 valence electrons. The standard InChI is InChI=1S/C25H25BrN2O4/c26-20-8-5-9-21(15-20)31-17-22-10-11-23(32-22)24(29)27-16-18-6-4-7-19(14-18)25(30)28-12-2-1-3-13-28/h4-11,14-15H,1-3,12-13,16-17H2,(H,27,29). The van der Waals surface area contributed by atoms with Crippen LogP contribution in [0.2, 0.25) is 0 Å². The number of nitrogens with one attached hydrogen (secondary N) is 1. The minimum Gasteiger partial charge on any atom is -0.486 e. The summed E-state index contributed by atoms with van der Waals surface area (Å²) in [7, 11) is 0. The summed E-state index contributed by atoms with van der Waals surface area (Å²) < 4.78 is 12.2. The molecule has 32 heavy (non-hydrogen) atoms. The molecular weight excluding hydrogens is 472 g/mol. The van der Waals surface area contributed by atoms with Crippen molar-refractivity contribution in [2.24, 2.45) is 0 Å². The first-order valence-corrected chi connectivity index (χ1v) is 11.5. The van der Waals surface area contributed by atoms with E-state index in [1.165, 1.54) is 6.42 Å². The summed E-state index contributed by atoms with van der Waals surface area (Å²) in [4.78, 5) is 27.1. The van der Waals surface area contributed by atoms with Crippen LogP contribution in [0.5, 0.6) is 5.75 Å². The average molecular weight is 497 g/mol. The Morgan fingerprint density at radius 1 is 1.00 bits per heavy atom. The number of hydrogen-bond donors (Lipinski definition) is 1. The molecule has 0 aliphatic carbocycles. The van der Waals surface area contributed by atoms with E-state index in [9.17, 15) is 9.59 Å². The van der Waals surface area contributed by atoms with Gasteiger partial charge in [0.1, 0.15) is 18.1 Å². The molecule has 1 fully saturated rings. The van der Waals surface area contributed by atoms with Crippen LogP contribution in [0.1, 0.15) is 51.5 Å². The fourth-order valence-corrected chi connectivity index (χ4v) is 4.03. The molecule has 1 aliphatic heterocycles. The first kappa shape index (κ1) is 22.1. The van der Waals surface area contributed by atoms with Gasteiger partial charge >= 0.3 is 0 Å². The number of amides is 2. The lowest BCUT2D eigenvalue weighted by molar-refractivity contribution is 0.0724. The van der Waals surface area contributed by atoms with Crippen LogP contribution in [0.4, 0.5) is 0 Å². The van der Waals surface area contributed by atoms with Crippen LogP contribution in [0.15, 0.2) is 69.6 Å². The molecular formula is C25H25BrN2O4. The summed E-state index contributed by atoms with van der Waals surface area (Å²) in [5, 5.41) is 2.85. The predicted molar refractivity (Wildman–Crippen MR) is 125 cm³/mol. The predicted octanol–water partition coefficient (Wildman–Crippen LogP) is 5.18. The first-order chi connectivity index (χ1) is 15.6. The number of rotatable bonds is 7. The Morgan fingerprint density at radius 3 is 2.62 bits per heavy atom. The summed E-state index contributed by atoms with van der Waals surface area (Å²) in [6.07, 6.45) is 3.29. The number of nitrogens with zero attached hydrogens (tertiary/aromatic N) is 1. The highest BCUT2D eigenvalue weighted by molar-refractivity contribution is 9.10. The van der Waals surface area contributed by atoms with Gasteiger partial charge in [-0.3, -0.25) is 9.59 Å². The van der Waals surface area contributed by atoms with E-state index in [1.807, 2.05) is 53.4 Å². The van der Waals surface area contributed by atoms with E-state index in [1.54, 1.807) is 12.1 Å². The quantitative estimate of drug-likeness (QED) is 0.489. The molecule has 4 rings (SSSR count). The second-order valence-corrected chi connectivity index (χ2v) is 8.66. The van der Waals surface area contributed by atoms with Gasteiger partial charge in [0.05, 0.1) is 0 Å². The Hall–Kier alpha value is -3.06. The molecule has 0 bridgehead atoms. The van der Waals surface area contributed by atoms with Gasteiger partial charge in [-0.2, -0.15) is 0 Å². The maximum atomic E-state index is 12.7. The summed E-state index contributed by atoms with van der Waals surface area (Å²) in [5.41, 5.74) is 1.52. The molecule has 1 N–H and O–H groups in total. The summed E-state index contributed by atoms with van der Waals surface area (Å²) >= 11 is 3.40. The molecule has 2 amide bonds. The van der Waals surface area contributed by atoms with Gasteiger partial charge in [-0.25, -0.2) is 0 Å². The molecule has 0 spiro atoms. The van der Waals surface area contributed by atoms with E-state index >= 15 is 0 Å². The van der Waals surface area contributed by atoms with Crippen molar-refractivity contribution in [3.05, 3.63) is 87.8 Å². The van der Waals surface area contributed by atoms with Crippen LogP contribution in [-0.2, 0) is 13.2 Å². The molecule has 0 saturated carbocycles. The largest absolute Gasteiger partial charge is 0.486 e. The van der Waals surface area contributed by atoms with E-state index < -0.39 is 0 Å². The average Bonchev–Trinajstić information content (AvgIpc) is 3.31. The van der Waals surface area contributed by atoms with E-state index in [4.69, 9.17) is 9.15 Å². The molecule has 1 aliphatic rings. The van der Waals surface area contributed by atoms with Crippen molar-refractivity contribution in [3.63, 3.8) is 0 Å². The number of halogens is 1. The van der Waals surface area contributed by atoms with Crippen molar-refractivity contribution in [1.29, 1.82) is 0 Å². The van der Waals surface area contributed by atoms with Gasteiger partial charge in [0.15, 0.2) is 5.76 Å². The zero-order chi connectivity index (χ0) is 22.3. The Morgan fingerprint density at radius 2 is 1.81 bits per heavy atom. The number of benzene rings is 2. The van der Waals surface area contributed by atoms with Crippen molar-refractivity contribution < 1.29 is 18.7 Å². The Labute approximate surface area is 195 Å². The molecule has 0 unspecified atom stereocenters. The van der Waals surface area contributed by atoms with Crippen molar-refractivity contribution >= 4 is 27.7 Å². The Bertz CT molecular complexity index is 1090. The fraction of sp³-hybridized carbons (Fsp3) is 0.280. The van der Waals surface area contributed by atoms with Crippen LogP contribution in [0.3, 0.4) is 0 Å². The highest BCUT2D eigenvalue weighted by Gasteiger charge is 2.18. The summed E-state index contributed by atoms with van der Waals surface area (Å²) in [5.74, 6) is 1.23. The molecule has 1 aromatic heterocycles. The third kappa shape index (κ3) is 5.79. The van der Waals surface area contributed by atoms with E-state index in [2.05, 4.69) is 21.2 Å². The summed E-state index contributed by atoms with van der Waals surface area (Å²) in [6.45, 7) is 2.16. The third-order valence-corrected chi connectivity index (χ3v) is 5.83. The Balaban J connectivity index is 1.30. The van der Waals surface area contributed by atoms with Crippen molar-refractivity contribution in [2.45, 2.75) is 32.4 Å². The number of ether oxygens (including phenoxy) is 1. The maximum Gasteiger partial charge on any atom is 0.287 e. The van der Waals surface area contributed by atoms with Gasteiger partial charge in [-0.15, -0.1) is 0 Å². The lowest BCUT2D eigenvalue weighted by Crippen LogP contribution is -2.35. The van der Waals surface area contributed by atoms with Gasteiger partial charge in [-0.1, -0.05) is 34.1 Å². The molecule has 2 heterocycles. The van der Waals surface area contributed by atoms with Crippen LogP contribution in [0, 0.1) is 0 Å². The van der Waals surface area contributed by atoms with Gasteiger partial charge < -0.3 is 19.4 Å². The lowest BCUT2D eigenvalue weighted by atomic mass is 10.1. The third-order valence-electron chi connectivity index (χ3n) is 5.33. The molecule has 7 heteroatoms. The second kappa shape index (κ2) is 10.5. The van der Waals surface area contributed by atoms with Crippen LogP contribution < -0.4 is 10.1 Å². The Kier molecular flexibility index (Phi) is 7.27. The van der Waals surface area contributed by atoms with Crippen LogP contribution in [0.25, 0.3) is 0 Å². The minimum atomic E-state index is -0.313. The van der Waals surface area contributed by atoms with E-state index in [0.29, 0.717) is 23.6 Å². The van der Waals surface area contributed by atoms with Crippen LogP contribution >= 0.6 is 15.9 Å². The fourth-order valence-electron chi connectivity index (χ4n) is 3.65. The monoisotopic (exact) mass is 496 g/mol. The minimum absolute atomic E-state index is 0.0546. The molecule has 6 nitrogen and oxygen atoms in total. The van der Waals surface area contributed by atoms with Gasteiger partial charge in [0.25, 0.3) is 11.8 Å². The number of likely N-dealkylation sites (tertiary alicyclic amines) is 1. The zero-order valence-corrected chi connectivity index (χ0v) is 19.3. The number of piperidine rings is 1. The van der Waals surface area contributed by atoms with E-state index in [-0.39, 0.29) is 24.2 Å². The molecule has 0 atom stereocenters. The number of carbonyl (C=O) groups is 2. The maximum absolute atomic E-state index is 12.7. The van der Waals surface area contributed by atoms with Gasteiger partial charge in [0.2, 0.25) is 0 Å². The number of hydrogen-bond acceptors (Lipinski definition) is 4. The SMILES string of the molecule is O=C(NCc1cccc(C(=O)N2CCCCC2)c1)c1ccc(COc2cccc(Br)c2)o1. The topological polar surface area (TPSA) is 71.8 Å². The normalized spacial score (nSPS) is 13.6. The van der Waals surface area contributed by atoms with Gasteiger partial charge in [0, 0.05) is 29.7 Å². The highest BCUT2D eigenvalue weighted by atomic mass is 79.9. The summed E-state index contributed by atoms with van der Waals surface area (Å²) in [6, 6.07) is 18.3. The smallest absolute Gasteiger partial charge is 0.287 e. The van der Waals surface area contributed by atoms with E-state index in [0.717, 1.165) is 36.0 Å².